The number of unbranched alkanes of at least 4 members (excludes halogenated alkanes) is 1. The summed E-state index contributed by atoms with van der Waals surface area (Å²) in [7, 11) is 0. The van der Waals surface area contributed by atoms with E-state index >= 15 is 0 Å². The van der Waals surface area contributed by atoms with Gasteiger partial charge in [0.25, 0.3) is 0 Å². The van der Waals surface area contributed by atoms with Crippen molar-refractivity contribution < 1.29 is 9.53 Å². The molecule has 2 fully saturated rings. The Morgan fingerprint density at radius 2 is 1.94 bits per heavy atom. The van der Waals surface area contributed by atoms with E-state index in [1.54, 1.807) is 0 Å². The van der Waals surface area contributed by atoms with Crippen LogP contribution < -0.4 is 0 Å². The zero-order valence-corrected chi connectivity index (χ0v) is 20.8. The van der Waals surface area contributed by atoms with Gasteiger partial charge in [-0.2, -0.15) is 0 Å². The first-order valence-corrected chi connectivity index (χ1v) is 12.5. The summed E-state index contributed by atoms with van der Waals surface area (Å²) in [4.78, 5) is 23.7. The predicted octanol–water partition coefficient (Wildman–Crippen LogP) is 6.23. The molecule has 0 radical (unpaired) electrons. The van der Waals surface area contributed by atoms with Crippen LogP contribution in [-0.2, 0) is 17.7 Å². The van der Waals surface area contributed by atoms with Gasteiger partial charge in [0.05, 0.1) is 11.0 Å². The van der Waals surface area contributed by atoms with E-state index in [9.17, 15) is 4.79 Å². The van der Waals surface area contributed by atoms with Crippen LogP contribution in [0.25, 0.3) is 21.9 Å². The number of carbonyl (C=O) groups excluding carboxylic acids is 1. The van der Waals surface area contributed by atoms with Crippen LogP contribution in [-0.4, -0.2) is 44.2 Å². The van der Waals surface area contributed by atoms with Gasteiger partial charge in [-0.15, -0.1) is 0 Å². The van der Waals surface area contributed by atoms with E-state index in [0.717, 1.165) is 79.5 Å². The monoisotopic (exact) mass is 468 g/mol. The molecule has 1 amide bonds. The van der Waals surface area contributed by atoms with Crippen molar-refractivity contribution in [3.63, 3.8) is 0 Å². The number of imidazole rings is 1. The molecule has 2 aliphatic rings. The Labute approximate surface area is 200 Å². The van der Waals surface area contributed by atoms with Crippen LogP contribution in [0.2, 0.25) is 5.15 Å². The minimum atomic E-state index is -0.446. The lowest BCUT2D eigenvalue weighted by molar-refractivity contribution is -0.0980. The molecule has 1 aliphatic heterocycles. The Morgan fingerprint density at radius 1 is 1.21 bits per heavy atom. The number of nitrogens with zero attached hydrogens (tertiary/aromatic N) is 4. The fourth-order valence-electron chi connectivity index (χ4n) is 5.60. The minimum absolute atomic E-state index is 0.187. The lowest BCUT2D eigenvalue weighted by atomic mass is 9.58. The standard InChI is InChI=1S/C26H33ClN4O2/c1-5-6-11-20-29-21-22(18-9-7-8-10-19(18)28-23(21)27)31(20)14-17-12-26(13-17)15-30(16-26)24(32)33-25(2,3)4/h7-10,17H,5-6,11-16H2,1-4H3. The first kappa shape index (κ1) is 22.5. The number of fused-ring (bicyclic) bond motifs is 3. The molecule has 2 aromatic heterocycles. The summed E-state index contributed by atoms with van der Waals surface area (Å²) in [5.74, 6) is 1.69. The van der Waals surface area contributed by atoms with Gasteiger partial charge in [-0.1, -0.05) is 43.1 Å². The molecular weight excluding hydrogens is 436 g/mol. The number of rotatable bonds is 5. The SMILES string of the molecule is CCCCc1nc2c(Cl)nc3ccccc3c2n1CC1CC2(C1)CN(C(=O)OC(C)(C)C)C2. The number of hydrogen-bond donors (Lipinski definition) is 0. The molecule has 0 atom stereocenters. The van der Waals surface area contributed by atoms with Gasteiger partial charge >= 0.3 is 6.09 Å². The third-order valence-corrected chi connectivity index (χ3v) is 7.23. The number of hydrogen-bond acceptors (Lipinski definition) is 4. The number of ether oxygens (including phenoxy) is 1. The maximum atomic E-state index is 12.3. The van der Waals surface area contributed by atoms with Gasteiger partial charge in [0.15, 0.2) is 5.15 Å². The fourth-order valence-corrected chi connectivity index (χ4v) is 5.82. The van der Waals surface area contributed by atoms with Crippen molar-refractivity contribution >= 4 is 39.6 Å². The maximum Gasteiger partial charge on any atom is 0.410 e. The van der Waals surface area contributed by atoms with E-state index < -0.39 is 5.60 Å². The highest BCUT2D eigenvalue weighted by atomic mass is 35.5. The second-order valence-electron chi connectivity index (χ2n) is 11.0. The van der Waals surface area contributed by atoms with Crippen LogP contribution >= 0.6 is 11.6 Å². The third-order valence-electron chi connectivity index (χ3n) is 6.96. The summed E-state index contributed by atoms with van der Waals surface area (Å²) in [6.07, 6.45) is 5.26. The number of likely N-dealkylation sites (tertiary alicyclic amines) is 1. The molecule has 6 nitrogen and oxygen atoms in total. The molecule has 1 aromatic carbocycles. The summed E-state index contributed by atoms with van der Waals surface area (Å²) < 4.78 is 7.93. The molecule has 1 saturated carbocycles. The average Bonchev–Trinajstić information content (AvgIpc) is 3.05. The summed E-state index contributed by atoms with van der Waals surface area (Å²) in [5, 5.41) is 1.60. The number of pyridine rings is 1. The Morgan fingerprint density at radius 3 is 2.64 bits per heavy atom. The van der Waals surface area contributed by atoms with E-state index in [1.165, 1.54) is 0 Å². The van der Waals surface area contributed by atoms with E-state index in [4.69, 9.17) is 21.3 Å². The van der Waals surface area contributed by atoms with Crippen LogP contribution in [0.1, 0.15) is 59.2 Å². The number of benzene rings is 1. The Kier molecular flexibility index (Phi) is 5.55. The first-order valence-electron chi connectivity index (χ1n) is 12.1. The number of carbonyl (C=O) groups is 1. The van der Waals surface area contributed by atoms with Crippen LogP contribution in [0, 0.1) is 11.3 Å². The van der Waals surface area contributed by atoms with E-state index in [2.05, 4.69) is 28.6 Å². The molecular formula is C26H33ClN4O2. The van der Waals surface area contributed by atoms with Crippen molar-refractivity contribution in [2.75, 3.05) is 13.1 Å². The number of amides is 1. The zero-order chi connectivity index (χ0) is 23.4. The van der Waals surface area contributed by atoms with Crippen LogP contribution in [0.4, 0.5) is 4.79 Å². The molecule has 1 saturated heterocycles. The van der Waals surface area contributed by atoms with Gasteiger partial charge in [-0.05, 0) is 52.0 Å². The molecule has 7 heteroatoms. The quantitative estimate of drug-likeness (QED) is 0.416. The number of aromatic nitrogens is 3. The highest BCUT2D eigenvalue weighted by molar-refractivity contribution is 6.35. The minimum Gasteiger partial charge on any atom is -0.444 e. The largest absolute Gasteiger partial charge is 0.444 e. The van der Waals surface area contributed by atoms with Crippen LogP contribution in [0.5, 0.6) is 0 Å². The first-order chi connectivity index (χ1) is 15.7. The van der Waals surface area contributed by atoms with Crippen LogP contribution in [0.15, 0.2) is 24.3 Å². The molecule has 3 heterocycles. The Bertz CT molecular complexity index is 1200. The van der Waals surface area contributed by atoms with E-state index in [0.29, 0.717) is 11.1 Å². The molecule has 1 aliphatic carbocycles. The average molecular weight is 469 g/mol. The predicted molar refractivity (Wildman–Crippen MR) is 132 cm³/mol. The molecule has 0 unspecified atom stereocenters. The second-order valence-corrected chi connectivity index (χ2v) is 11.3. The van der Waals surface area contributed by atoms with Gasteiger partial charge in [-0.25, -0.2) is 14.8 Å². The van der Waals surface area contributed by atoms with Crippen molar-refractivity contribution in [1.82, 2.24) is 19.4 Å². The van der Waals surface area contributed by atoms with Gasteiger partial charge in [0.2, 0.25) is 0 Å². The Balaban J connectivity index is 1.35. The Hall–Kier alpha value is -2.34. The number of halogens is 1. The van der Waals surface area contributed by atoms with Crippen molar-refractivity contribution in [3.05, 3.63) is 35.2 Å². The highest BCUT2D eigenvalue weighted by Crippen LogP contribution is 2.53. The topological polar surface area (TPSA) is 60.2 Å². The van der Waals surface area contributed by atoms with Gasteiger partial charge < -0.3 is 14.2 Å². The van der Waals surface area contributed by atoms with Crippen LogP contribution in [0.3, 0.4) is 0 Å². The highest BCUT2D eigenvalue weighted by Gasteiger charge is 2.54. The zero-order valence-electron chi connectivity index (χ0n) is 20.0. The molecule has 0 bridgehead atoms. The maximum absolute atomic E-state index is 12.3. The van der Waals surface area contributed by atoms with E-state index in [-0.39, 0.29) is 11.5 Å². The lowest BCUT2D eigenvalue weighted by Gasteiger charge is -2.58. The smallest absolute Gasteiger partial charge is 0.410 e. The van der Waals surface area contributed by atoms with Crippen molar-refractivity contribution in [1.29, 1.82) is 0 Å². The normalized spacial score (nSPS) is 18.0. The fraction of sp³-hybridized carbons (Fsp3) is 0.577. The number of aryl methyl sites for hydroxylation is 1. The third kappa shape index (κ3) is 4.18. The molecule has 3 aromatic rings. The van der Waals surface area contributed by atoms with E-state index in [1.807, 2.05) is 37.8 Å². The molecule has 1 spiro atoms. The summed E-state index contributed by atoms with van der Waals surface area (Å²) in [5.41, 5.74) is 2.66. The van der Waals surface area contributed by atoms with Gasteiger partial charge in [0, 0.05) is 36.9 Å². The van der Waals surface area contributed by atoms with Gasteiger partial charge in [-0.3, -0.25) is 0 Å². The number of para-hydroxylation sites is 1. The second kappa shape index (κ2) is 8.15. The summed E-state index contributed by atoms with van der Waals surface area (Å²) in [6.45, 7) is 10.5. The molecule has 176 valence electrons. The van der Waals surface area contributed by atoms with Crippen molar-refractivity contribution in [2.24, 2.45) is 11.3 Å². The van der Waals surface area contributed by atoms with Crippen molar-refractivity contribution in [3.8, 4) is 0 Å². The summed E-state index contributed by atoms with van der Waals surface area (Å²) >= 11 is 6.57. The molecule has 0 N–H and O–H groups in total. The van der Waals surface area contributed by atoms with Gasteiger partial charge in [0.1, 0.15) is 16.9 Å². The van der Waals surface area contributed by atoms with Crippen molar-refractivity contribution in [2.45, 2.75) is 71.9 Å². The molecule has 33 heavy (non-hydrogen) atoms. The molecule has 5 rings (SSSR count). The summed E-state index contributed by atoms with van der Waals surface area (Å²) in [6, 6.07) is 8.19. The lowest BCUT2D eigenvalue weighted by Crippen LogP contribution is -2.64.